The Labute approximate surface area is 85.6 Å². The Morgan fingerprint density at radius 1 is 1.50 bits per heavy atom. The number of amides is 1. The molecule has 1 rings (SSSR count). The SMILES string of the molecule is CC(C)(C)O[C@@H]1CCCN(NC=O)C1. The number of hydrazine groups is 1. The Balaban J connectivity index is 2.36. The highest BCUT2D eigenvalue weighted by Crippen LogP contribution is 2.18. The second-order valence-electron chi connectivity index (χ2n) is 4.69. The molecule has 1 aliphatic heterocycles. The first kappa shape index (κ1) is 11.5. The lowest BCUT2D eigenvalue weighted by molar-refractivity contribution is -0.119. The van der Waals surface area contributed by atoms with Crippen molar-refractivity contribution in [2.75, 3.05) is 13.1 Å². The van der Waals surface area contributed by atoms with Gasteiger partial charge < -0.3 is 4.74 Å². The Morgan fingerprint density at radius 2 is 2.21 bits per heavy atom. The van der Waals surface area contributed by atoms with E-state index in [0.29, 0.717) is 0 Å². The summed E-state index contributed by atoms with van der Waals surface area (Å²) in [6.07, 6.45) is 3.10. The van der Waals surface area contributed by atoms with E-state index in [-0.39, 0.29) is 11.7 Å². The molecule has 1 N–H and O–H groups in total. The van der Waals surface area contributed by atoms with Gasteiger partial charge in [-0.3, -0.25) is 10.2 Å². The van der Waals surface area contributed by atoms with Gasteiger partial charge in [-0.15, -0.1) is 0 Å². The third-order valence-electron chi connectivity index (χ3n) is 2.13. The van der Waals surface area contributed by atoms with Crippen molar-refractivity contribution in [3.63, 3.8) is 0 Å². The van der Waals surface area contributed by atoms with Crippen molar-refractivity contribution in [3.05, 3.63) is 0 Å². The average Bonchev–Trinajstić information content (AvgIpc) is 2.02. The van der Waals surface area contributed by atoms with Gasteiger partial charge >= 0.3 is 0 Å². The summed E-state index contributed by atoms with van der Waals surface area (Å²) < 4.78 is 5.86. The van der Waals surface area contributed by atoms with Crippen LogP contribution in [0, 0.1) is 0 Å². The minimum Gasteiger partial charge on any atom is -0.371 e. The first-order valence-electron chi connectivity index (χ1n) is 5.14. The van der Waals surface area contributed by atoms with E-state index in [1.54, 1.807) is 0 Å². The van der Waals surface area contributed by atoms with E-state index in [9.17, 15) is 4.79 Å². The molecular weight excluding hydrogens is 180 g/mol. The maximum Gasteiger partial charge on any atom is 0.221 e. The molecule has 4 nitrogen and oxygen atoms in total. The number of hydrogen-bond acceptors (Lipinski definition) is 3. The molecule has 1 saturated heterocycles. The van der Waals surface area contributed by atoms with Crippen LogP contribution in [0.25, 0.3) is 0 Å². The Morgan fingerprint density at radius 3 is 2.79 bits per heavy atom. The van der Waals surface area contributed by atoms with E-state index in [1.807, 2.05) is 5.01 Å². The van der Waals surface area contributed by atoms with Gasteiger partial charge in [-0.2, -0.15) is 0 Å². The van der Waals surface area contributed by atoms with Crippen LogP contribution in [0.1, 0.15) is 33.6 Å². The number of rotatable bonds is 3. The summed E-state index contributed by atoms with van der Waals surface area (Å²) in [6, 6.07) is 0. The highest BCUT2D eigenvalue weighted by Gasteiger charge is 2.24. The zero-order valence-electron chi connectivity index (χ0n) is 9.25. The van der Waals surface area contributed by atoms with Crippen LogP contribution in [0.5, 0.6) is 0 Å². The molecule has 1 atom stereocenters. The number of carbonyl (C=O) groups is 1. The van der Waals surface area contributed by atoms with E-state index in [1.165, 1.54) is 0 Å². The zero-order valence-corrected chi connectivity index (χ0v) is 9.25. The Kier molecular flexibility index (Phi) is 3.89. The predicted molar refractivity (Wildman–Crippen MR) is 54.6 cm³/mol. The number of ether oxygens (including phenoxy) is 1. The van der Waals surface area contributed by atoms with Crippen LogP contribution in [-0.2, 0) is 9.53 Å². The molecule has 14 heavy (non-hydrogen) atoms. The standard InChI is InChI=1S/C10H20N2O2/c1-10(2,3)14-9-5-4-6-12(7-9)11-8-13/h8-9H,4-7H2,1-3H3,(H,11,13)/t9-/m1/s1. The van der Waals surface area contributed by atoms with E-state index >= 15 is 0 Å². The van der Waals surface area contributed by atoms with Gasteiger partial charge in [0, 0.05) is 13.1 Å². The lowest BCUT2D eigenvalue weighted by atomic mass is 10.1. The van der Waals surface area contributed by atoms with Gasteiger partial charge in [0.15, 0.2) is 0 Å². The quantitative estimate of drug-likeness (QED) is 0.689. The van der Waals surface area contributed by atoms with E-state index in [0.717, 1.165) is 32.3 Å². The van der Waals surface area contributed by atoms with E-state index in [4.69, 9.17) is 4.74 Å². The van der Waals surface area contributed by atoms with Gasteiger partial charge in [0.1, 0.15) is 0 Å². The largest absolute Gasteiger partial charge is 0.371 e. The molecule has 0 radical (unpaired) electrons. The topological polar surface area (TPSA) is 41.6 Å². The van der Waals surface area contributed by atoms with Crippen LogP contribution in [0.3, 0.4) is 0 Å². The summed E-state index contributed by atoms with van der Waals surface area (Å²) in [7, 11) is 0. The summed E-state index contributed by atoms with van der Waals surface area (Å²) in [5, 5.41) is 1.91. The first-order chi connectivity index (χ1) is 6.51. The summed E-state index contributed by atoms with van der Waals surface area (Å²) in [5.74, 6) is 0. The third-order valence-corrected chi connectivity index (χ3v) is 2.13. The zero-order chi connectivity index (χ0) is 10.6. The van der Waals surface area contributed by atoms with Crippen molar-refractivity contribution in [2.24, 2.45) is 0 Å². The molecule has 1 aliphatic rings. The molecule has 0 spiro atoms. The molecule has 1 fully saturated rings. The van der Waals surface area contributed by atoms with Gasteiger partial charge in [-0.25, -0.2) is 5.01 Å². The molecular formula is C10H20N2O2. The van der Waals surface area contributed by atoms with Crippen molar-refractivity contribution in [3.8, 4) is 0 Å². The third kappa shape index (κ3) is 4.07. The number of nitrogens with one attached hydrogen (secondary N) is 1. The van der Waals surface area contributed by atoms with Crippen molar-refractivity contribution < 1.29 is 9.53 Å². The second-order valence-corrected chi connectivity index (χ2v) is 4.69. The monoisotopic (exact) mass is 200 g/mol. The molecule has 0 aromatic carbocycles. The molecule has 0 aromatic heterocycles. The molecule has 0 bridgehead atoms. The molecule has 0 unspecified atom stereocenters. The lowest BCUT2D eigenvalue weighted by Gasteiger charge is -2.35. The molecule has 82 valence electrons. The Bertz CT molecular complexity index is 189. The summed E-state index contributed by atoms with van der Waals surface area (Å²) in [6.45, 7) is 7.87. The summed E-state index contributed by atoms with van der Waals surface area (Å²) in [5.41, 5.74) is 2.57. The van der Waals surface area contributed by atoms with Crippen molar-refractivity contribution in [1.29, 1.82) is 0 Å². The van der Waals surface area contributed by atoms with Gasteiger partial charge in [0.25, 0.3) is 0 Å². The van der Waals surface area contributed by atoms with Crippen molar-refractivity contribution in [2.45, 2.75) is 45.3 Å². The Hall–Kier alpha value is -0.610. The van der Waals surface area contributed by atoms with Crippen LogP contribution in [0.2, 0.25) is 0 Å². The number of nitrogens with zero attached hydrogens (tertiary/aromatic N) is 1. The average molecular weight is 200 g/mol. The van der Waals surface area contributed by atoms with Crippen molar-refractivity contribution in [1.82, 2.24) is 10.4 Å². The number of carbonyl (C=O) groups excluding carboxylic acids is 1. The van der Waals surface area contributed by atoms with Crippen LogP contribution in [0.4, 0.5) is 0 Å². The maximum atomic E-state index is 10.3. The summed E-state index contributed by atoms with van der Waals surface area (Å²) >= 11 is 0. The van der Waals surface area contributed by atoms with Gasteiger partial charge in [0.2, 0.25) is 6.41 Å². The highest BCUT2D eigenvalue weighted by atomic mass is 16.5. The minimum atomic E-state index is -0.102. The molecule has 0 aliphatic carbocycles. The number of hydrogen-bond donors (Lipinski definition) is 1. The molecule has 1 amide bonds. The summed E-state index contributed by atoms with van der Waals surface area (Å²) in [4.78, 5) is 10.3. The fourth-order valence-electron chi connectivity index (χ4n) is 1.73. The van der Waals surface area contributed by atoms with Crippen LogP contribution in [-0.4, -0.2) is 36.2 Å². The lowest BCUT2D eigenvalue weighted by Crippen LogP contribution is -2.48. The normalized spacial score (nSPS) is 24.6. The van der Waals surface area contributed by atoms with E-state index in [2.05, 4.69) is 26.2 Å². The first-order valence-corrected chi connectivity index (χ1v) is 5.14. The molecule has 1 heterocycles. The van der Waals surface area contributed by atoms with Crippen LogP contribution in [0.15, 0.2) is 0 Å². The van der Waals surface area contributed by atoms with Gasteiger partial charge in [-0.05, 0) is 33.6 Å². The van der Waals surface area contributed by atoms with Crippen LogP contribution < -0.4 is 5.43 Å². The van der Waals surface area contributed by atoms with Gasteiger partial charge in [0.05, 0.1) is 11.7 Å². The van der Waals surface area contributed by atoms with E-state index < -0.39 is 0 Å². The maximum absolute atomic E-state index is 10.3. The fourth-order valence-corrected chi connectivity index (χ4v) is 1.73. The number of piperidine rings is 1. The second kappa shape index (κ2) is 4.75. The minimum absolute atomic E-state index is 0.102. The highest BCUT2D eigenvalue weighted by molar-refractivity contribution is 5.44. The predicted octanol–water partition coefficient (Wildman–Crippen LogP) is 0.927. The molecule has 0 aromatic rings. The molecule has 4 heteroatoms. The smallest absolute Gasteiger partial charge is 0.221 e. The van der Waals surface area contributed by atoms with Crippen LogP contribution >= 0.6 is 0 Å². The van der Waals surface area contributed by atoms with Crippen molar-refractivity contribution >= 4 is 6.41 Å². The fraction of sp³-hybridized carbons (Fsp3) is 0.900. The van der Waals surface area contributed by atoms with Gasteiger partial charge in [-0.1, -0.05) is 0 Å². The molecule has 0 saturated carbocycles.